The molecule has 2 atom stereocenters. The van der Waals surface area contributed by atoms with E-state index in [0.29, 0.717) is 5.41 Å². The van der Waals surface area contributed by atoms with Gasteiger partial charge in [0, 0.05) is 13.1 Å². The molecule has 0 saturated carbocycles. The van der Waals surface area contributed by atoms with Gasteiger partial charge in [-0.1, -0.05) is 0 Å². The Morgan fingerprint density at radius 1 is 1.18 bits per heavy atom. The maximum absolute atomic E-state index is 3.60. The molecule has 0 aromatic carbocycles. The first-order valence-corrected chi connectivity index (χ1v) is 7.50. The van der Waals surface area contributed by atoms with E-state index in [-0.39, 0.29) is 0 Å². The molecular weight excluding hydrogens is 210 g/mol. The van der Waals surface area contributed by atoms with Crippen molar-refractivity contribution >= 4 is 0 Å². The van der Waals surface area contributed by atoms with E-state index in [0.717, 1.165) is 5.92 Å². The first-order chi connectivity index (χ1) is 8.36. The molecule has 3 fully saturated rings. The fourth-order valence-electron chi connectivity index (χ4n) is 3.92. The van der Waals surface area contributed by atoms with Crippen LogP contribution in [-0.2, 0) is 0 Å². The Balaban J connectivity index is 1.43. The number of likely N-dealkylation sites (tertiary alicyclic amines) is 1. The third kappa shape index (κ3) is 2.83. The monoisotopic (exact) mass is 237 g/mol. The standard InChI is InChI=1S/C14H27N3/c1-4-14(11-16-6-1)5-9-17(12-14)8-3-13-2-7-15-10-13/h13,15-16H,1-12H2. The van der Waals surface area contributed by atoms with Gasteiger partial charge in [0.05, 0.1) is 0 Å². The van der Waals surface area contributed by atoms with Crippen LogP contribution >= 0.6 is 0 Å². The van der Waals surface area contributed by atoms with Crippen LogP contribution in [0.3, 0.4) is 0 Å². The second-order valence-corrected chi connectivity index (χ2v) is 6.45. The molecule has 3 heterocycles. The van der Waals surface area contributed by atoms with Gasteiger partial charge in [0.25, 0.3) is 0 Å². The fourth-order valence-corrected chi connectivity index (χ4v) is 3.92. The van der Waals surface area contributed by atoms with E-state index in [9.17, 15) is 0 Å². The smallest absolute Gasteiger partial charge is 0.00506 e. The van der Waals surface area contributed by atoms with Gasteiger partial charge in [0.1, 0.15) is 0 Å². The van der Waals surface area contributed by atoms with E-state index in [1.54, 1.807) is 0 Å². The molecule has 3 rings (SSSR count). The second-order valence-electron chi connectivity index (χ2n) is 6.45. The minimum absolute atomic E-state index is 0.645. The second kappa shape index (κ2) is 5.25. The minimum atomic E-state index is 0.645. The summed E-state index contributed by atoms with van der Waals surface area (Å²) in [5.74, 6) is 0.955. The zero-order valence-corrected chi connectivity index (χ0v) is 11.0. The molecule has 3 aliphatic rings. The van der Waals surface area contributed by atoms with Gasteiger partial charge in [-0.2, -0.15) is 0 Å². The van der Waals surface area contributed by atoms with Crippen molar-refractivity contribution in [2.45, 2.75) is 32.1 Å². The van der Waals surface area contributed by atoms with Gasteiger partial charge < -0.3 is 15.5 Å². The van der Waals surface area contributed by atoms with E-state index < -0.39 is 0 Å². The van der Waals surface area contributed by atoms with Gasteiger partial charge >= 0.3 is 0 Å². The highest BCUT2D eigenvalue weighted by Gasteiger charge is 2.38. The van der Waals surface area contributed by atoms with Crippen molar-refractivity contribution in [3.8, 4) is 0 Å². The number of hydrogen-bond acceptors (Lipinski definition) is 3. The van der Waals surface area contributed by atoms with Gasteiger partial charge in [-0.25, -0.2) is 0 Å². The van der Waals surface area contributed by atoms with E-state index >= 15 is 0 Å². The Morgan fingerprint density at radius 2 is 2.18 bits per heavy atom. The van der Waals surface area contributed by atoms with Crippen LogP contribution in [0, 0.1) is 11.3 Å². The Hall–Kier alpha value is -0.120. The lowest BCUT2D eigenvalue weighted by atomic mass is 9.80. The van der Waals surface area contributed by atoms with Crippen LogP contribution in [0.2, 0.25) is 0 Å². The zero-order valence-electron chi connectivity index (χ0n) is 11.0. The Labute approximate surface area is 105 Å². The molecule has 3 heteroatoms. The van der Waals surface area contributed by atoms with Crippen LogP contribution in [0.15, 0.2) is 0 Å². The van der Waals surface area contributed by atoms with E-state index in [1.807, 2.05) is 0 Å². The number of rotatable bonds is 3. The number of piperidine rings is 1. The number of hydrogen-bond donors (Lipinski definition) is 2. The fraction of sp³-hybridized carbons (Fsp3) is 1.00. The molecule has 0 aromatic rings. The van der Waals surface area contributed by atoms with Crippen molar-refractivity contribution in [1.29, 1.82) is 0 Å². The van der Waals surface area contributed by atoms with Crippen LogP contribution in [0.1, 0.15) is 32.1 Å². The van der Waals surface area contributed by atoms with Gasteiger partial charge in [0.15, 0.2) is 0 Å². The van der Waals surface area contributed by atoms with E-state index in [4.69, 9.17) is 0 Å². The summed E-state index contributed by atoms with van der Waals surface area (Å²) >= 11 is 0. The molecule has 0 radical (unpaired) electrons. The zero-order chi connectivity index (χ0) is 11.6. The highest BCUT2D eigenvalue weighted by Crippen LogP contribution is 2.36. The number of nitrogens with zero attached hydrogens (tertiary/aromatic N) is 1. The molecule has 0 bridgehead atoms. The summed E-state index contributed by atoms with van der Waals surface area (Å²) in [7, 11) is 0. The van der Waals surface area contributed by atoms with Crippen molar-refractivity contribution in [3.63, 3.8) is 0 Å². The third-order valence-corrected chi connectivity index (χ3v) is 5.09. The number of nitrogens with one attached hydrogen (secondary N) is 2. The average molecular weight is 237 g/mol. The van der Waals surface area contributed by atoms with Crippen LogP contribution in [0.25, 0.3) is 0 Å². The Morgan fingerprint density at radius 3 is 2.94 bits per heavy atom. The van der Waals surface area contributed by atoms with Crippen molar-refractivity contribution < 1.29 is 0 Å². The topological polar surface area (TPSA) is 27.3 Å². The molecule has 2 unspecified atom stereocenters. The summed E-state index contributed by atoms with van der Waals surface area (Å²) in [4.78, 5) is 2.73. The maximum Gasteiger partial charge on any atom is 0.00506 e. The predicted octanol–water partition coefficient (Wildman–Crippen LogP) is 1.06. The van der Waals surface area contributed by atoms with Gasteiger partial charge in [-0.3, -0.25) is 0 Å². The largest absolute Gasteiger partial charge is 0.316 e. The van der Waals surface area contributed by atoms with Crippen molar-refractivity contribution in [2.24, 2.45) is 11.3 Å². The maximum atomic E-state index is 3.60. The van der Waals surface area contributed by atoms with Gasteiger partial charge in [-0.15, -0.1) is 0 Å². The summed E-state index contributed by atoms with van der Waals surface area (Å²) < 4.78 is 0. The lowest BCUT2D eigenvalue weighted by Crippen LogP contribution is -2.42. The highest BCUT2D eigenvalue weighted by atomic mass is 15.2. The van der Waals surface area contributed by atoms with Crippen LogP contribution in [0.4, 0.5) is 0 Å². The molecular formula is C14H27N3. The van der Waals surface area contributed by atoms with Crippen molar-refractivity contribution in [3.05, 3.63) is 0 Å². The average Bonchev–Trinajstić information content (AvgIpc) is 2.98. The van der Waals surface area contributed by atoms with Gasteiger partial charge in [-0.05, 0) is 76.2 Å². The van der Waals surface area contributed by atoms with Gasteiger partial charge in [0.2, 0.25) is 0 Å². The van der Waals surface area contributed by atoms with Crippen LogP contribution in [0.5, 0.6) is 0 Å². The normalized spacial score (nSPS) is 39.2. The molecule has 1 spiro atoms. The van der Waals surface area contributed by atoms with Crippen molar-refractivity contribution in [1.82, 2.24) is 15.5 Å². The van der Waals surface area contributed by atoms with E-state index in [1.165, 1.54) is 77.9 Å². The quantitative estimate of drug-likeness (QED) is 0.769. The predicted molar refractivity (Wildman–Crippen MR) is 71.2 cm³/mol. The summed E-state index contributed by atoms with van der Waals surface area (Å²) in [6, 6.07) is 0. The molecule has 17 heavy (non-hydrogen) atoms. The van der Waals surface area contributed by atoms with E-state index in [2.05, 4.69) is 15.5 Å². The molecule has 3 aliphatic heterocycles. The lowest BCUT2D eigenvalue weighted by molar-refractivity contribution is 0.198. The first kappa shape index (κ1) is 11.9. The molecule has 0 aliphatic carbocycles. The summed E-state index contributed by atoms with van der Waals surface area (Å²) in [5.41, 5.74) is 0.645. The highest BCUT2D eigenvalue weighted by molar-refractivity contribution is 4.93. The molecule has 0 amide bonds. The summed E-state index contributed by atoms with van der Waals surface area (Å²) in [6.45, 7) is 9.08. The molecule has 2 N–H and O–H groups in total. The molecule has 3 saturated heterocycles. The summed E-state index contributed by atoms with van der Waals surface area (Å²) in [6.07, 6.45) is 7.10. The first-order valence-electron chi connectivity index (χ1n) is 7.50. The van der Waals surface area contributed by atoms with Crippen LogP contribution < -0.4 is 10.6 Å². The van der Waals surface area contributed by atoms with Crippen LogP contribution in [-0.4, -0.2) is 50.7 Å². The third-order valence-electron chi connectivity index (χ3n) is 5.09. The molecule has 98 valence electrons. The summed E-state index contributed by atoms with van der Waals surface area (Å²) in [5, 5.41) is 7.07. The lowest BCUT2D eigenvalue weighted by Gasteiger charge is -2.34. The minimum Gasteiger partial charge on any atom is -0.316 e. The van der Waals surface area contributed by atoms with Crippen molar-refractivity contribution in [2.75, 3.05) is 45.8 Å². The SMILES string of the molecule is C1CNCC2(C1)CCN(CCC1CCNC1)C2. The molecule has 0 aromatic heterocycles. The molecule has 3 nitrogen and oxygen atoms in total. The Bertz CT molecular complexity index is 242. The Kier molecular flexibility index (Phi) is 3.69.